The van der Waals surface area contributed by atoms with Gasteiger partial charge in [-0.2, -0.15) is 0 Å². The summed E-state index contributed by atoms with van der Waals surface area (Å²) in [7, 11) is 0. The quantitative estimate of drug-likeness (QED) is 0.642. The molecular formula is C20H32N3O2+. The van der Waals surface area contributed by atoms with E-state index in [1.807, 2.05) is 5.32 Å². The van der Waals surface area contributed by atoms with E-state index in [-0.39, 0.29) is 30.6 Å². The standard InChI is InChI=1S/C20H31N3O2/c1-4-5-6-15-7-9-16(10-8-15)19(14(2)3)21-13-18(24)23-20(25)22-17-11-12-17/h7-10,14,17,19,21H,4-6,11-13H2,1-3H3,(H2,22,23,24,25)/p+1/t19-/m1/s1. The minimum atomic E-state index is -0.373. The molecule has 0 radical (unpaired) electrons. The van der Waals surface area contributed by atoms with Gasteiger partial charge >= 0.3 is 6.03 Å². The first-order chi connectivity index (χ1) is 12.0. The summed E-state index contributed by atoms with van der Waals surface area (Å²) in [5, 5.41) is 7.19. The lowest BCUT2D eigenvalue weighted by Crippen LogP contribution is -2.88. The van der Waals surface area contributed by atoms with Crippen LogP contribution in [0.4, 0.5) is 4.79 Å². The molecule has 1 aliphatic rings. The molecule has 0 spiro atoms. The van der Waals surface area contributed by atoms with E-state index in [4.69, 9.17) is 0 Å². The molecule has 1 aliphatic carbocycles. The van der Waals surface area contributed by atoms with E-state index < -0.39 is 0 Å². The molecule has 0 unspecified atom stereocenters. The summed E-state index contributed by atoms with van der Waals surface area (Å²) in [4.78, 5) is 23.6. The summed E-state index contributed by atoms with van der Waals surface area (Å²) in [6, 6.07) is 8.81. The van der Waals surface area contributed by atoms with E-state index in [2.05, 4.69) is 55.7 Å². The minimum Gasteiger partial charge on any atom is -0.335 e. The van der Waals surface area contributed by atoms with Crippen LogP contribution in [-0.2, 0) is 11.2 Å². The molecule has 1 aromatic rings. The summed E-state index contributed by atoms with van der Waals surface area (Å²) in [5.41, 5.74) is 2.59. The van der Waals surface area contributed by atoms with E-state index in [0.717, 1.165) is 19.3 Å². The Bertz CT molecular complexity index is 565. The number of nitrogens with two attached hydrogens (primary N) is 1. The lowest BCUT2D eigenvalue weighted by atomic mass is 9.94. The van der Waals surface area contributed by atoms with E-state index in [1.165, 1.54) is 24.0 Å². The highest BCUT2D eigenvalue weighted by molar-refractivity contribution is 5.94. The highest BCUT2D eigenvalue weighted by atomic mass is 16.2. The Morgan fingerprint density at radius 1 is 1.20 bits per heavy atom. The van der Waals surface area contributed by atoms with Crippen molar-refractivity contribution in [1.82, 2.24) is 10.6 Å². The first kappa shape index (κ1) is 19.4. The van der Waals surface area contributed by atoms with Gasteiger partial charge in [0.05, 0.1) is 0 Å². The van der Waals surface area contributed by atoms with Crippen LogP contribution in [0.2, 0.25) is 0 Å². The van der Waals surface area contributed by atoms with Crippen molar-refractivity contribution < 1.29 is 14.9 Å². The second-order valence-corrected chi connectivity index (χ2v) is 7.35. The molecule has 138 valence electrons. The SMILES string of the molecule is CCCCc1ccc([C@H]([NH2+]CC(=O)NC(=O)NC2CC2)C(C)C)cc1. The molecular weight excluding hydrogens is 314 g/mol. The van der Waals surface area contributed by atoms with Crippen molar-refractivity contribution in [3.63, 3.8) is 0 Å². The molecule has 5 nitrogen and oxygen atoms in total. The smallest absolute Gasteiger partial charge is 0.321 e. The number of nitrogens with one attached hydrogen (secondary N) is 2. The fraction of sp³-hybridized carbons (Fsp3) is 0.600. The van der Waals surface area contributed by atoms with Crippen LogP contribution in [0.15, 0.2) is 24.3 Å². The number of hydrogen-bond acceptors (Lipinski definition) is 2. The number of imide groups is 1. The van der Waals surface area contributed by atoms with Crippen LogP contribution in [0, 0.1) is 5.92 Å². The largest absolute Gasteiger partial charge is 0.335 e. The lowest BCUT2D eigenvalue weighted by molar-refractivity contribution is -0.692. The van der Waals surface area contributed by atoms with Crippen molar-refractivity contribution in [1.29, 1.82) is 0 Å². The van der Waals surface area contributed by atoms with Crippen LogP contribution in [-0.4, -0.2) is 24.5 Å². The molecule has 1 aromatic carbocycles. The molecule has 25 heavy (non-hydrogen) atoms. The molecule has 0 bridgehead atoms. The van der Waals surface area contributed by atoms with Gasteiger partial charge in [0.1, 0.15) is 6.04 Å². The molecule has 5 heteroatoms. The normalized spacial score (nSPS) is 15.0. The van der Waals surface area contributed by atoms with E-state index >= 15 is 0 Å². The first-order valence-electron chi connectivity index (χ1n) is 9.52. The highest BCUT2D eigenvalue weighted by Crippen LogP contribution is 2.19. The maximum atomic E-state index is 12.0. The van der Waals surface area contributed by atoms with E-state index in [0.29, 0.717) is 5.92 Å². The average Bonchev–Trinajstić information content (AvgIpc) is 3.37. The number of rotatable bonds is 9. The minimum absolute atomic E-state index is 0.206. The van der Waals surface area contributed by atoms with Crippen molar-refractivity contribution in [2.24, 2.45) is 5.92 Å². The fourth-order valence-corrected chi connectivity index (χ4v) is 2.94. The van der Waals surface area contributed by atoms with Gasteiger partial charge in [-0.3, -0.25) is 10.1 Å². The molecule has 0 aliphatic heterocycles. The maximum absolute atomic E-state index is 12.0. The number of aryl methyl sites for hydroxylation is 1. The number of urea groups is 1. The third kappa shape index (κ3) is 6.86. The van der Waals surface area contributed by atoms with Crippen LogP contribution in [0.1, 0.15) is 63.6 Å². The summed E-state index contributed by atoms with van der Waals surface area (Å²) in [5.74, 6) is 0.151. The van der Waals surface area contributed by atoms with E-state index in [9.17, 15) is 9.59 Å². The zero-order valence-electron chi connectivity index (χ0n) is 15.7. The first-order valence-corrected chi connectivity index (χ1v) is 9.52. The fourth-order valence-electron chi connectivity index (χ4n) is 2.94. The molecule has 2 rings (SSSR count). The topological polar surface area (TPSA) is 74.8 Å². The van der Waals surface area contributed by atoms with Crippen molar-refractivity contribution >= 4 is 11.9 Å². The van der Waals surface area contributed by atoms with Crippen LogP contribution in [0.5, 0.6) is 0 Å². The number of carbonyl (C=O) groups excluding carboxylic acids is 2. The number of benzene rings is 1. The van der Waals surface area contributed by atoms with Crippen LogP contribution in [0.3, 0.4) is 0 Å². The second-order valence-electron chi connectivity index (χ2n) is 7.35. The van der Waals surface area contributed by atoms with Gasteiger partial charge in [0.25, 0.3) is 5.91 Å². The average molecular weight is 346 g/mol. The van der Waals surface area contributed by atoms with Crippen molar-refractivity contribution in [3.8, 4) is 0 Å². The predicted molar refractivity (Wildman–Crippen MR) is 99.1 cm³/mol. The van der Waals surface area contributed by atoms with E-state index in [1.54, 1.807) is 0 Å². The van der Waals surface area contributed by atoms with Gasteiger partial charge in [-0.05, 0) is 31.2 Å². The van der Waals surface area contributed by atoms with Crippen LogP contribution < -0.4 is 16.0 Å². The highest BCUT2D eigenvalue weighted by Gasteiger charge is 2.25. The monoisotopic (exact) mass is 346 g/mol. The van der Waals surface area contributed by atoms with Crippen LogP contribution in [0.25, 0.3) is 0 Å². The zero-order chi connectivity index (χ0) is 18.2. The zero-order valence-corrected chi connectivity index (χ0v) is 15.7. The Morgan fingerprint density at radius 2 is 1.88 bits per heavy atom. The molecule has 3 amide bonds. The van der Waals surface area contributed by atoms with Crippen LogP contribution >= 0.6 is 0 Å². The number of quaternary nitrogens is 1. The number of carbonyl (C=O) groups is 2. The van der Waals surface area contributed by atoms with Gasteiger partial charge in [0, 0.05) is 17.5 Å². The molecule has 0 saturated heterocycles. The number of hydrogen-bond donors (Lipinski definition) is 3. The lowest BCUT2D eigenvalue weighted by Gasteiger charge is -2.19. The molecule has 0 heterocycles. The summed E-state index contributed by atoms with van der Waals surface area (Å²) in [6.07, 6.45) is 5.55. The van der Waals surface area contributed by atoms with Crippen molar-refractivity contribution in [2.45, 2.75) is 65.0 Å². The number of amides is 3. The molecule has 1 fully saturated rings. The Balaban J connectivity index is 1.84. The third-order valence-electron chi connectivity index (χ3n) is 4.62. The van der Waals surface area contributed by atoms with Gasteiger partial charge in [0.2, 0.25) is 0 Å². The maximum Gasteiger partial charge on any atom is 0.321 e. The van der Waals surface area contributed by atoms with Crippen molar-refractivity contribution in [2.75, 3.05) is 6.54 Å². The van der Waals surface area contributed by atoms with Gasteiger partial charge in [0.15, 0.2) is 6.54 Å². The van der Waals surface area contributed by atoms with Crippen molar-refractivity contribution in [3.05, 3.63) is 35.4 Å². The number of unbranched alkanes of at least 4 members (excludes halogenated alkanes) is 1. The molecule has 0 aromatic heterocycles. The molecule has 1 saturated carbocycles. The summed E-state index contributed by atoms with van der Waals surface area (Å²) >= 11 is 0. The third-order valence-corrected chi connectivity index (χ3v) is 4.62. The van der Waals surface area contributed by atoms with Gasteiger partial charge in [-0.1, -0.05) is 51.5 Å². The second kappa shape index (κ2) is 9.56. The summed E-state index contributed by atoms with van der Waals surface area (Å²) < 4.78 is 0. The molecule has 1 atom stereocenters. The Labute approximate surface area is 151 Å². The van der Waals surface area contributed by atoms with Gasteiger partial charge in [-0.15, -0.1) is 0 Å². The summed E-state index contributed by atoms with van der Waals surface area (Å²) in [6.45, 7) is 6.76. The van der Waals surface area contributed by atoms with Gasteiger partial charge < -0.3 is 10.6 Å². The Hall–Kier alpha value is -1.88. The van der Waals surface area contributed by atoms with Gasteiger partial charge in [-0.25, -0.2) is 4.79 Å². The Morgan fingerprint density at radius 3 is 2.44 bits per heavy atom. The predicted octanol–water partition coefficient (Wildman–Crippen LogP) is 2.28. The Kier molecular flexibility index (Phi) is 7.44. The molecule has 4 N–H and O–H groups in total.